The summed E-state index contributed by atoms with van der Waals surface area (Å²) in [6.45, 7) is 7.29. The van der Waals surface area contributed by atoms with Crippen LogP contribution in [-0.4, -0.2) is 9.55 Å². The number of fused-ring (bicyclic) bond motifs is 3. The van der Waals surface area contributed by atoms with Crippen molar-refractivity contribution in [2.75, 3.05) is 0 Å². The van der Waals surface area contributed by atoms with Gasteiger partial charge in [-0.2, -0.15) is 5.26 Å². The summed E-state index contributed by atoms with van der Waals surface area (Å²) < 4.78 is 2.22. The second kappa shape index (κ2) is 4.79. The number of halogens is 1. The van der Waals surface area contributed by atoms with Crippen molar-refractivity contribution in [3.05, 3.63) is 28.5 Å². The second-order valence-electron chi connectivity index (χ2n) is 6.05. The summed E-state index contributed by atoms with van der Waals surface area (Å²) >= 11 is 6.07. The molecule has 2 aromatic rings. The number of pyridine rings is 1. The van der Waals surface area contributed by atoms with Crippen LogP contribution in [0.25, 0.3) is 11.0 Å². The minimum absolute atomic E-state index is 0.0648. The van der Waals surface area contributed by atoms with E-state index in [4.69, 9.17) is 11.6 Å². The van der Waals surface area contributed by atoms with E-state index in [1.165, 1.54) is 11.3 Å². The first-order valence-electron chi connectivity index (χ1n) is 7.05. The van der Waals surface area contributed by atoms with Gasteiger partial charge >= 0.3 is 0 Å². The molecule has 3 rings (SSSR count). The molecule has 104 valence electrons. The van der Waals surface area contributed by atoms with Gasteiger partial charge in [-0.3, -0.25) is 0 Å². The predicted octanol–water partition coefficient (Wildman–Crippen LogP) is 3.97. The minimum Gasteiger partial charge on any atom is -0.328 e. The Labute approximate surface area is 124 Å². The van der Waals surface area contributed by atoms with E-state index in [9.17, 15) is 5.26 Å². The Kier molecular flexibility index (Phi) is 3.22. The molecule has 0 aromatic carbocycles. The number of nitrogens with zero attached hydrogens (tertiary/aromatic N) is 3. The van der Waals surface area contributed by atoms with Crippen LogP contribution in [0.15, 0.2) is 12.3 Å². The summed E-state index contributed by atoms with van der Waals surface area (Å²) in [4.78, 5) is 4.48. The molecule has 0 amide bonds. The maximum atomic E-state index is 9.45. The van der Waals surface area contributed by atoms with Crippen molar-refractivity contribution in [2.24, 2.45) is 17.8 Å². The van der Waals surface area contributed by atoms with Gasteiger partial charge in [0.2, 0.25) is 0 Å². The van der Waals surface area contributed by atoms with Crippen LogP contribution < -0.4 is 0 Å². The lowest BCUT2D eigenvalue weighted by Crippen LogP contribution is -2.31. The van der Waals surface area contributed by atoms with Crippen LogP contribution in [0.2, 0.25) is 5.02 Å². The van der Waals surface area contributed by atoms with Gasteiger partial charge in [0.25, 0.3) is 0 Å². The standard InChI is InChI=1S/C16H18ClN3/c1-9(2)13-5-15-10(3)14-4-12(17)7-19-16(14)20(15)8-11(13)6-18/h4,7,9,11,13H,5,8H2,1-3H3. The largest absolute Gasteiger partial charge is 0.328 e. The van der Waals surface area contributed by atoms with Gasteiger partial charge in [-0.25, -0.2) is 4.98 Å². The lowest BCUT2D eigenvalue weighted by molar-refractivity contribution is 0.244. The molecule has 0 aliphatic carbocycles. The van der Waals surface area contributed by atoms with Gasteiger partial charge in [0.15, 0.2) is 0 Å². The first-order valence-corrected chi connectivity index (χ1v) is 7.43. The fourth-order valence-electron chi connectivity index (χ4n) is 3.40. The first-order chi connectivity index (χ1) is 9.52. The van der Waals surface area contributed by atoms with Gasteiger partial charge in [-0.1, -0.05) is 25.4 Å². The van der Waals surface area contributed by atoms with Gasteiger partial charge in [-0.05, 0) is 36.8 Å². The number of hydrogen-bond acceptors (Lipinski definition) is 2. The quantitative estimate of drug-likeness (QED) is 0.796. The maximum absolute atomic E-state index is 9.45. The Bertz CT molecular complexity index is 709. The molecule has 1 aliphatic heterocycles. The normalized spacial score (nSPS) is 22.0. The molecule has 2 aromatic heterocycles. The van der Waals surface area contributed by atoms with Crippen molar-refractivity contribution in [2.45, 2.75) is 33.7 Å². The minimum atomic E-state index is 0.0648. The summed E-state index contributed by atoms with van der Waals surface area (Å²) in [7, 11) is 0. The van der Waals surface area contributed by atoms with Crippen LogP contribution in [0, 0.1) is 36.0 Å². The van der Waals surface area contributed by atoms with E-state index in [0.29, 0.717) is 16.9 Å². The van der Waals surface area contributed by atoms with Crippen molar-refractivity contribution < 1.29 is 0 Å². The monoisotopic (exact) mass is 287 g/mol. The third kappa shape index (κ3) is 1.91. The number of aromatic nitrogens is 2. The maximum Gasteiger partial charge on any atom is 0.140 e. The van der Waals surface area contributed by atoms with Crippen LogP contribution in [0.3, 0.4) is 0 Å². The highest BCUT2D eigenvalue weighted by Crippen LogP contribution is 2.37. The Morgan fingerprint density at radius 1 is 1.50 bits per heavy atom. The van der Waals surface area contributed by atoms with Crippen molar-refractivity contribution >= 4 is 22.6 Å². The molecule has 0 saturated carbocycles. The van der Waals surface area contributed by atoms with Crippen LogP contribution in [0.5, 0.6) is 0 Å². The highest BCUT2D eigenvalue weighted by Gasteiger charge is 2.33. The smallest absolute Gasteiger partial charge is 0.140 e. The molecule has 1 aliphatic rings. The van der Waals surface area contributed by atoms with Gasteiger partial charge in [-0.15, -0.1) is 0 Å². The van der Waals surface area contributed by atoms with Crippen LogP contribution in [-0.2, 0) is 13.0 Å². The lowest BCUT2D eigenvalue weighted by Gasteiger charge is -2.32. The molecule has 3 heterocycles. The fourth-order valence-corrected chi connectivity index (χ4v) is 3.56. The molecule has 0 bridgehead atoms. The zero-order chi connectivity index (χ0) is 14.4. The zero-order valence-corrected chi connectivity index (χ0v) is 12.8. The summed E-state index contributed by atoms with van der Waals surface area (Å²) in [6.07, 6.45) is 2.64. The molecule has 4 heteroatoms. The molecule has 0 fully saturated rings. The third-order valence-corrected chi connectivity index (χ3v) is 4.81. The SMILES string of the molecule is Cc1c2n(c3ncc(Cl)cc13)CC(C#N)C(C(C)C)C2. The van der Waals surface area contributed by atoms with Crippen molar-refractivity contribution in [3.8, 4) is 6.07 Å². The Morgan fingerprint density at radius 2 is 2.25 bits per heavy atom. The highest BCUT2D eigenvalue weighted by atomic mass is 35.5. The number of aryl methyl sites for hydroxylation is 1. The van der Waals surface area contributed by atoms with E-state index in [-0.39, 0.29) is 5.92 Å². The van der Waals surface area contributed by atoms with Gasteiger partial charge in [0, 0.05) is 23.8 Å². The molecular weight excluding hydrogens is 270 g/mol. The predicted molar refractivity (Wildman–Crippen MR) is 80.6 cm³/mol. The number of hydrogen-bond donors (Lipinski definition) is 0. The Balaban J connectivity index is 2.19. The highest BCUT2D eigenvalue weighted by molar-refractivity contribution is 6.31. The Hall–Kier alpha value is -1.53. The van der Waals surface area contributed by atoms with Gasteiger partial charge in [0.05, 0.1) is 17.0 Å². The van der Waals surface area contributed by atoms with Gasteiger partial charge in [0.1, 0.15) is 5.65 Å². The van der Waals surface area contributed by atoms with E-state index >= 15 is 0 Å². The number of nitriles is 1. The zero-order valence-electron chi connectivity index (χ0n) is 12.0. The topological polar surface area (TPSA) is 41.6 Å². The van der Waals surface area contributed by atoms with Gasteiger partial charge < -0.3 is 4.57 Å². The van der Waals surface area contributed by atoms with Crippen molar-refractivity contribution in [1.82, 2.24) is 9.55 Å². The second-order valence-corrected chi connectivity index (χ2v) is 6.49. The molecule has 2 atom stereocenters. The van der Waals surface area contributed by atoms with Crippen LogP contribution in [0.4, 0.5) is 0 Å². The number of rotatable bonds is 1. The molecule has 0 saturated heterocycles. The lowest BCUT2D eigenvalue weighted by atomic mass is 9.78. The summed E-state index contributed by atoms with van der Waals surface area (Å²) in [6, 6.07) is 4.47. The average molecular weight is 288 g/mol. The van der Waals surface area contributed by atoms with Crippen LogP contribution >= 0.6 is 11.6 Å². The molecule has 3 nitrogen and oxygen atoms in total. The van der Waals surface area contributed by atoms with Crippen LogP contribution in [0.1, 0.15) is 25.1 Å². The third-order valence-electron chi connectivity index (χ3n) is 4.60. The molecule has 0 spiro atoms. The van der Waals surface area contributed by atoms with E-state index in [0.717, 1.165) is 24.0 Å². The summed E-state index contributed by atoms with van der Waals surface area (Å²) in [5.74, 6) is 1.00. The Morgan fingerprint density at radius 3 is 2.90 bits per heavy atom. The van der Waals surface area contributed by atoms with E-state index in [2.05, 4.69) is 36.4 Å². The molecular formula is C16H18ClN3. The molecule has 0 radical (unpaired) electrons. The summed E-state index contributed by atoms with van der Waals surface area (Å²) in [5.41, 5.74) is 3.54. The average Bonchev–Trinajstić information content (AvgIpc) is 2.70. The van der Waals surface area contributed by atoms with E-state index < -0.39 is 0 Å². The fraction of sp³-hybridized carbons (Fsp3) is 0.500. The van der Waals surface area contributed by atoms with Crippen molar-refractivity contribution in [1.29, 1.82) is 5.26 Å². The molecule has 0 N–H and O–H groups in total. The van der Waals surface area contributed by atoms with E-state index in [1.807, 2.05) is 6.07 Å². The summed E-state index contributed by atoms with van der Waals surface area (Å²) in [5, 5.41) is 11.2. The molecule has 2 unspecified atom stereocenters. The first kappa shape index (κ1) is 13.5. The molecule has 20 heavy (non-hydrogen) atoms. The van der Waals surface area contributed by atoms with Crippen molar-refractivity contribution in [3.63, 3.8) is 0 Å². The van der Waals surface area contributed by atoms with E-state index in [1.54, 1.807) is 6.20 Å².